The average molecular weight is 344 g/mol. The third kappa shape index (κ3) is 2.80. The van der Waals surface area contributed by atoms with Crippen molar-refractivity contribution in [3.63, 3.8) is 0 Å². The van der Waals surface area contributed by atoms with Crippen molar-refractivity contribution in [1.82, 2.24) is 0 Å². The van der Waals surface area contributed by atoms with E-state index in [4.69, 9.17) is 18.6 Å². The van der Waals surface area contributed by atoms with Crippen molar-refractivity contribution in [2.75, 3.05) is 21.3 Å². The molecule has 0 spiro atoms. The van der Waals surface area contributed by atoms with Crippen molar-refractivity contribution in [3.8, 4) is 40.1 Å². The van der Waals surface area contributed by atoms with Crippen LogP contribution in [0.15, 0.2) is 39.5 Å². The first-order valence-corrected chi connectivity index (χ1v) is 7.28. The Labute approximate surface area is 142 Å². The molecule has 0 unspecified atom stereocenters. The second-order valence-corrected chi connectivity index (χ2v) is 5.22. The van der Waals surface area contributed by atoms with Gasteiger partial charge in [0, 0.05) is 18.2 Å². The molecule has 0 saturated carbocycles. The fraction of sp³-hybridized carbons (Fsp3) is 0.167. The third-order valence-corrected chi connectivity index (χ3v) is 3.80. The number of phenols is 2. The van der Waals surface area contributed by atoms with E-state index in [1.165, 1.54) is 45.6 Å². The largest absolute Gasteiger partial charge is 0.504 e. The van der Waals surface area contributed by atoms with Gasteiger partial charge in [-0.15, -0.1) is 0 Å². The van der Waals surface area contributed by atoms with Crippen LogP contribution in [0.1, 0.15) is 0 Å². The van der Waals surface area contributed by atoms with Gasteiger partial charge < -0.3 is 28.8 Å². The Balaban J connectivity index is 2.29. The highest BCUT2D eigenvalue weighted by Crippen LogP contribution is 2.40. The SMILES string of the molecule is COc1cc2oc(-c3cc(O)c(O)cc3OC)cc(=O)c2cc1OC. The average Bonchev–Trinajstić information content (AvgIpc) is 2.62. The second-order valence-electron chi connectivity index (χ2n) is 5.22. The van der Waals surface area contributed by atoms with Crippen LogP contribution in [0.5, 0.6) is 28.7 Å². The molecule has 7 nitrogen and oxygen atoms in total. The van der Waals surface area contributed by atoms with Crippen molar-refractivity contribution in [3.05, 3.63) is 40.6 Å². The first-order chi connectivity index (χ1) is 12.0. The monoisotopic (exact) mass is 344 g/mol. The summed E-state index contributed by atoms with van der Waals surface area (Å²) in [5.74, 6) is 0.557. The van der Waals surface area contributed by atoms with E-state index < -0.39 is 0 Å². The normalized spacial score (nSPS) is 10.7. The summed E-state index contributed by atoms with van der Waals surface area (Å²) >= 11 is 0. The van der Waals surface area contributed by atoms with Gasteiger partial charge in [-0.2, -0.15) is 0 Å². The minimum absolute atomic E-state index is 0.178. The molecule has 3 rings (SSSR count). The lowest BCUT2D eigenvalue weighted by Gasteiger charge is -2.12. The molecular formula is C18H16O7. The van der Waals surface area contributed by atoms with Crippen LogP contribution >= 0.6 is 0 Å². The summed E-state index contributed by atoms with van der Waals surface area (Å²) in [5, 5.41) is 19.7. The molecule has 0 bridgehead atoms. The van der Waals surface area contributed by atoms with Crippen LogP contribution in [-0.4, -0.2) is 31.5 Å². The molecule has 0 atom stereocenters. The molecule has 2 N–H and O–H groups in total. The number of ether oxygens (including phenoxy) is 3. The predicted molar refractivity (Wildman–Crippen MR) is 90.9 cm³/mol. The van der Waals surface area contributed by atoms with Crippen LogP contribution in [0, 0.1) is 0 Å². The first kappa shape index (κ1) is 16.5. The molecule has 1 aromatic heterocycles. The van der Waals surface area contributed by atoms with E-state index in [0.717, 1.165) is 0 Å². The molecule has 0 amide bonds. The molecule has 0 aliphatic rings. The molecule has 25 heavy (non-hydrogen) atoms. The highest BCUT2D eigenvalue weighted by atomic mass is 16.5. The number of aromatic hydroxyl groups is 2. The van der Waals surface area contributed by atoms with E-state index >= 15 is 0 Å². The summed E-state index contributed by atoms with van der Waals surface area (Å²) < 4.78 is 21.4. The van der Waals surface area contributed by atoms with Gasteiger partial charge in [0.15, 0.2) is 28.4 Å². The Bertz CT molecular complexity index is 1000. The Kier molecular flexibility index (Phi) is 4.14. The van der Waals surface area contributed by atoms with Gasteiger partial charge in [-0.05, 0) is 12.1 Å². The second kappa shape index (κ2) is 6.27. The molecule has 0 saturated heterocycles. The van der Waals surface area contributed by atoms with Crippen molar-refractivity contribution < 1.29 is 28.8 Å². The maximum absolute atomic E-state index is 12.5. The van der Waals surface area contributed by atoms with Gasteiger partial charge in [-0.25, -0.2) is 0 Å². The van der Waals surface area contributed by atoms with Crippen molar-refractivity contribution in [2.24, 2.45) is 0 Å². The van der Waals surface area contributed by atoms with Gasteiger partial charge >= 0.3 is 0 Å². The standard InChI is InChI=1S/C18H16O7/c1-22-14-7-13(21)12(20)4-10(14)15-6-11(19)9-5-17(23-2)18(24-3)8-16(9)25-15/h4-8,20-21H,1-3H3. The summed E-state index contributed by atoms with van der Waals surface area (Å²) in [5.41, 5.74) is 0.313. The van der Waals surface area contributed by atoms with E-state index in [-0.39, 0.29) is 34.0 Å². The molecule has 7 heteroatoms. The molecule has 3 aromatic rings. The zero-order chi connectivity index (χ0) is 18.1. The van der Waals surface area contributed by atoms with Crippen molar-refractivity contribution in [2.45, 2.75) is 0 Å². The Morgan fingerprint density at radius 2 is 1.40 bits per heavy atom. The van der Waals surface area contributed by atoms with Crippen LogP contribution in [0.3, 0.4) is 0 Å². The van der Waals surface area contributed by atoms with Crippen LogP contribution in [0.2, 0.25) is 0 Å². The van der Waals surface area contributed by atoms with E-state index in [1.807, 2.05) is 0 Å². The fourth-order valence-electron chi connectivity index (χ4n) is 2.53. The van der Waals surface area contributed by atoms with Gasteiger partial charge in [-0.3, -0.25) is 4.79 Å². The fourth-order valence-corrected chi connectivity index (χ4v) is 2.53. The number of benzene rings is 2. The van der Waals surface area contributed by atoms with Gasteiger partial charge in [0.2, 0.25) is 0 Å². The van der Waals surface area contributed by atoms with Gasteiger partial charge in [0.05, 0.1) is 32.3 Å². The number of fused-ring (bicyclic) bond motifs is 1. The molecule has 0 aliphatic carbocycles. The van der Waals surface area contributed by atoms with E-state index in [2.05, 4.69) is 0 Å². The minimum Gasteiger partial charge on any atom is -0.504 e. The maximum Gasteiger partial charge on any atom is 0.193 e. The molecular weight excluding hydrogens is 328 g/mol. The quantitative estimate of drug-likeness (QED) is 0.702. The smallest absolute Gasteiger partial charge is 0.193 e. The maximum atomic E-state index is 12.5. The van der Waals surface area contributed by atoms with Gasteiger partial charge in [0.1, 0.15) is 17.1 Å². The summed E-state index contributed by atoms with van der Waals surface area (Å²) in [6.07, 6.45) is 0. The molecule has 2 aromatic carbocycles. The predicted octanol–water partition coefficient (Wildman–Crippen LogP) is 2.90. The van der Waals surface area contributed by atoms with E-state index in [9.17, 15) is 15.0 Å². The van der Waals surface area contributed by atoms with Crippen LogP contribution in [0.4, 0.5) is 0 Å². The van der Waals surface area contributed by atoms with Gasteiger partial charge in [0.25, 0.3) is 0 Å². The highest BCUT2D eigenvalue weighted by molar-refractivity contribution is 5.83. The minimum atomic E-state index is -0.356. The van der Waals surface area contributed by atoms with Crippen LogP contribution < -0.4 is 19.6 Å². The summed E-state index contributed by atoms with van der Waals surface area (Å²) in [7, 11) is 4.36. The van der Waals surface area contributed by atoms with E-state index in [1.54, 1.807) is 6.07 Å². The first-order valence-electron chi connectivity index (χ1n) is 7.28. The zero-order valence-electron chi connectivity index (χ0n) is 13.8. The number of hydrogen-bond acceptors (Lipinski definition) is 7. The molecule has 1 heterocycles. The summed E-state index contributed by atoms with van der Waals surface area (Å²) in [4.78, 5) is 12.5. The van der Waals surface area contributed by atoms with Crippen molar-refractivity contribution in [1.29, 1.82) is 0 Å². The number of hydrogen-bond donors (Lipinski definition) is 2. The van der Waals surface area contributed by atoms with Gasteiger partial charge in [-0.1, -0.05) is 0 Å². The number of methoxy groups -OCH3 is 3. The number of rotatable bonds is 4. The Morgan fingerprint density at radius 1 is 0.800 bits per heavy atom. The molecule has 0 fully saturated rings. The molecule has 0 radical (unpaired) electrons. The topological polar surface area (TPSA) is 98.4 Å². The van der Waals surface area contributed by atoms with E-state index in [0.29, 0.717) is 22.4 Å². The third-order valence-electron chi connectivity index (χ3n) is 3.80. The molecule has 130 valence electrons. The van der Waals surface area contributed by atoms with Crippen LogP contribution in [0.25, 0.3) is 22.3 Å². The molecule has 0 aliphatic heterocycles. The Morgan fingerprint density at radius 3 is 2.04 bits per heavy atom. The van der Waals surface area contributed by atoms with Crippen LogP contribution in [-0.2, 0) is 0 Å². The lowest BCUT2D eigenvalue weighted by molar-refractivity contribution is 0.355. The highest BCUT2D eigenvalue weighted by Gasteiger charge is 2.17. The Hall–Kier alpha value is -3.35. The number of phenolic OH excluding ortho intramolecular Hbond substituents is 2. The lowest BCUT2D eigenvalue weighted by Crippen LogP contribution is -2.02. The van der Waals surface area contributed by atoms with Crippen molar-refractivity contribution >= 4 is 11.0 Å². The summed E-state index contributed by atoms with van der Waals surface area (Å²) in [6, 6.07) is 6.87. The lowest BCUT2D eigenvalue weighted by atomic mass is 10.1. The summed E-state index contributed by atoms with van der Waals surface area (Å²) in [6.45, 7) is 0. The zero-order valence-corrected chi connectivity index (χ0v) is 13.8.